The predicted octanol–water partition coefficient (Wildman–Crippen LogP) is 3.58. The summed E-state index contributed by atoms with van der Waals surface area (Å²) < 4.78 is 27.9. The first-order chi connectivity index (χ1) is 19.2. The molecule has 1 amide bonds. The van der Waals surface area contributed by atoms with Crippen LogP contribution >= 0.6 is 11.3 Å². The van der Waals surface area contributed by atoms with Crippen LogP contribution in [0.5, 0.6) is 0 Å². The molecule has 1 aliphatic rings. The van der Waals surface area contributed by atoms with Gasteiger partial charge >= 0.3 is 0 Å². The number of nitrogens with one attached hydrogen (secondary N) is 1. The van der Waals surface area contributed by atoms with Gasteiger partial charge in [-0.3, -0.25) is 24.1 Å². The number of sulfonamides is 1. The number of aromatic nitrogens is 1. The van der Waals surface area contributed by atoms with E-state index in [9.17, 15) is 23.3 Å². The lowest BCUT2D eigenvalue weighted by molar-refractivity contribution is -0.384. The number of nitro groups is 1. The molecule has 40 heavy (non-hydrogen) atoms. The fraction of sp³-hybridized carbons (Fsp3) is 0.259. The second-order valence-electron chi connectivity index (χ2n) is 9.32. The molecule has 11 nitrogen and oxygen atoms in total. The predicted molar refractivity (Wildman–Crippen MR) is 156 cm³/mol. The minimum atomic E-state index is -3.74. The van der Waals surface area contributed by atoms with E-state index in [1.807, 2.05) is 6.07 Å². The molecular formula is C27H28N6O5S2. The summed E-state index contributed by atoms with van der Waals surface area (Å²) in [5.74, 6) is -0.262. The number of non-ortho nitro benzene ring substituents is 1. The minimum absolute atomic E-state index is 0.0613. The molecule has 0 unspecified atom stereocenters. The van der Waals surface area contributed by atoms with Crippen LogP contribution in [0.15, 0.2) is 77.7 Å². The summed E-state index contributed by atoms with van der Waals surface area (Å²) in [4.78, 5) is 32.5. The average molecular weight is 581 g/mol. The summed E-state index contributed by atoms with van der Waals surface area (Å²) >= 11 is 1.45. The number of thiazole rings is 1. The van der Waals surface area contributed by atoms with Crippen molar-refractivity contribution < 1.29 is 18.1 Å². The standard InChI is InChI=1S/C27H28N6O5S2/c1-30(21-5-3-2-4-6-21)40(37,38)23-10-7-20(8-11-23)26(34)28-13-14-31-15-17-32(18-16-31)27-29-24-12-9-22(33(35)36)19-25(24)39-27/h2-12,19H,13-18H2,1H3,(H,28,34). The van der Waals surface area contributed by atoms with E-state index >= 15 is 0 Å². The summed E-state index contributed by atoms with van der Waals surface area (Å²) in [5.41, 5.74) is 1.76. The van der Waals surface area contributed by atoms with Gasteiger partial charge in [-0.25, -0.2) is 13.4 Å². The number of piperazine rings is 1. The van der Waals surface area contributed by atoms with Gasteiger partial charge in [-0.15, -0.1) is 0 Å². The molecule has 13 heteroatoms. The van der Waals surface area contributed by atoms with Crippen molar-refractivity contribution in [3.63, 3.8) is 0 Å². The van der Waals surface area contributed by atoms with Crippen LogP contribution in [0.4, 0.5) is 16.5 Å². The van der Waals surface area contributed by atoms with Crippen LogP contribution in [0.25, 0.3) is 10.2 Å². The van der Waals surface area contributed by atoms with E-state index in [1.165, 1.54) is 53.0 Å². The Morgan fingerprint density at radius 2 is 1.75 bits per heavy atom. The highest BCUT2D eigenvalue weighted by Crippen LogP contribution is 2.31. The largest absolute Gasteiger partial charge is 0.351 e. The van der Waals surface area contributed by atoms with Gasteiger partial charge in [0.05, 0.1) is 25.7 Å². The molecule has 1 saturated heterocycles. The van der Waals surface area contributed by atoms with Crippen molar-refractivity contribution in [3.8, 4) is 0 Å². The number of hydrogen-bond acceptors (Lipinski definition) is 9. The van der Waals surface area contributed by atoms with Gasteiger partial charge in [0.1, 0.15) is 0 Å². The first kappa shape index (κ1) is 27.5. The number of para-hydroxylation sites is 1. The number of nitro benzene ring substituents is 1. The van der Waals surface area contributed by atoms with Gasteiger partial charge in [0.15, 0.2) is 5.13 Å². The van der Waals surface area contributed by atoms with E-state index in [4.69, 9.17) is 0 Å². The second-order valence-corrected chi connectivity index (χ2v) is 12.3. The van der Waals surface area contributed by atoms with Crippen LogP contribution in [0.1, 0.15) is 10.4 Å². The Balaban J connectivity index is 1.10. The zero-order valence-corrected chi connectivity index (χ0v) is 23.4. The molecule has 0 atom stereocenters. The Hall–Kier alpha value is -4.07. The Bertz CT molecular complexity index is 1620. The van der Waals surface area contributed by atoms with Crippen LogP contribution in [0.2, 0.25) is 0 Å². The Morgan fingerprint density at radius 1 is 1.05 bits per heavy atom. The zero-order chi connectivity index (χ0) is 28.3. The van der Waals surface area contributed by atoms with Crippen molar-refractivity contribution in [2.24, 2.45) is 0 Å². The number of hydrogen-bond donors (Lipinski definition) is 1. The van der Waals surface area contributed by atoms with E-state index in [1.54, 1.807) is 36.4 Å². The third-order valence-corrected chi connectivity index (χ3v) is 9.70. The van der Waals surface area contributed by atoms with Crippen LogP contribution in [-0.4, -0.2) is 75.4 Å². The summed E-state index contributed by atoms with van der Waals surface area (Å²) in [6.45, 7) is 4.27. The van der Waals surface area contributed by atoms with E-state index < -0.39 is 14.9 Å². The molecule has 0 bridgehead atoms. The van der Waals surface area contributed by atoms with Crippen molar-refractivity contribution in [2.45, 2.75) is 4.90 Å². The monoisotopic (exact) mass is 580 g/mol. The average Bonchev–Trinajstić information content (AvgIpc) is 3.41. The Kier molecular flexibility index (Phi) is 7.96. The number of nitrogens with zero attached hydrogens (tertiary/aromatic N) is 5. The molecule has 4 aromatic rings. The normalized spacial score (nSPS) is 14.3. The molecule has 0 radical (unpaired) electrons. The maximum absolute atomic E-state index is 12.9. The summed E-state index contributed by atoms with van der Waals surface area (Å²) in [6, 6.07) is 19.5. The maximum atomic E-state index is 12.9. The number of amides is 1. The van der Waals surface area contributed by atoms with Crippen LogP contribution < -0.4 is 14.5 Å². The molecule has 3 aromatic carbocycles. The molecule has 0 aliphatic carbocycles. The van der Waals surface area contributed by atoms with Gasteiger partial charge in [0.25, 0.3) is 21.6 Å². The fourth-order valence-corrected chi connectivity index (χ4v) is 6.70. The fourth-order valence-electron chi connectivity index (χ4n) is 4.46. The van der Waals surface area contributed by atoms with Crippen molar-refractivity contribution in [1.29, 1.82) is 0 Å². The first-order valence-electron chi connectivity index (χ1n) is 12.7. The molecule has 1 aromatic heterocycles. The SMILES string of the molecule is CN(c1ccccc1)S(=O)(=O)c1ccc(C(=O)NCCN2CCN(c3nc4ccc([N+](=O)[O-])cc4s3)CC2)cc1. The minimum Gasteiger partial charge on any atom is -0.351 e. The summed E-state index contributed by atoms with van der Waals surface area (Å²) in [6.07, 6.45) is 0. The maximum Gasteiger partial charge on any atom is 0.270 e. The molecule has 1 fully saturated rings. The number of benzene rings is 3. The van der Waals surface area contributed by atoms with Gasteiger partial charge in [0.2, 0.25) is 0 Å². The second kappa shape index (κ2) is 11.6. The number of carbonyl (C=O) groups excluding carboxylic acids is 1. The quantitative estimate of drug-likeness (QED) is 0.235. The molecule has 0 saturated carbocycles. The molecule has 208 valence electrons. The summed E-state index contributed by atoms with van der Waals surface area (Å²) in [7, 11) is -2.25. The van der Waals surface area contributed by atoms with Crippen molar-refractivity contribution in [1.82, 2.24) is 15.2 Å². The van der Waals surface area contributed by atoms with Crippen molar-refractivity contribution >= 4 is 54.0 Å². The molecule has 1 aliphatic heterocycles. The highest BCUT2D eigenvalue weighted by molar-refractivity contribution is 7.92. The van der Waals surface area contributed by atoms with E-state index in [0.717, 1.165) is 41.5 Å². The number of carbonyl (C=O) groups is 1. The lowest BCUT2D eigenvalue weighted by atomic mass is 10.2. The van der Waals surface area contributed by atoms with E-state index in [2.05, 4.69) is 20.1 Å². The van der Waals surface area contributed by atoms with Crippen LogP contribution in [0.3, 0.4) is 0 Å². The lowest BCUT2D eigenvalue weighted by Crippen LogP contribution is -2.48. The summed E-state index contributed by atoms with van der Waals surface area (Å²) in [5, 5.41) is 14.8. The van der Waals surface area contributed by atoms with Gasteiger partial charge in [-0.2, -0.15) is 0 Å². The van der Waals surface area contributed by atoms with Crippen molar-refractivity contribution in [3.05, 3.63) is 88.5 Å². The third-order valence-electron chi connectivity index (χ3n) is 6.82. The molecule has 2 heterocycles. The van der Waals surface area contributed by atoms with Crippen LogP contribution in [0, 0.1) is 10.1 Å². The van der Waals surface area contributed by atoms with Crippen molar-refractivity contribution in [2.75, 3.05) is 55.5 Å². The topological polar surface area (TPSA) is 129 Å². The smallest absolute Gasteiger partial charge is 0.270 e. The van der Waals surface area contributed by atoms with E-state index in [-0.39, 0.29) is 16.5 Å². The third kappa shape index (κ3) is 5.91. The first-order valence-corrected chi connectivity index (χ1v) is 14.9. The molecule has 0 spiro atoms. The molecule has 1 N–H and O–H groups in total. The lowest BCUT2D eigenvalue weighted by Gasteiger charge is -2.34. The Labute approximate surface area is 235 Å². The Morgan fingerprint density at radius 3 is 2.42 bits per heavy atom. The van der Waals surface area contributed by atoms with Gasteiger partial charge in [-0.05, 0) is 42.5 Å². The molecule has 5 rings (SSSR count). The van der Waals surface area contributed by atoms with Crippen LogP contribution in [-0.2, 0) is 10.0 Å². The van der Waals surface area contributed by atoms with E-state index in [0.29, 0.717) is 24.3 Å². The number of rotatable bonds is 9. The van der Waals surface area contributed by atoms with Gasteiger partial charge < -0.3 is 10.2 Å². The van der Waals surface area contributed by atoms with Gasteiger partial charge in [0, 0.05) is 64.0 Å². The highest BCUT2D eigenvalue weighted by atomic mass is 32.2. The highest BCUT2D eigenvalue weighted by Gasteiger charge is 2.23. The number of fused-ring (bicyclic) bond motifs is 1. The zero-order valence-electron chi connectivity index (χ0n) is 21.8. The molecular weight excluding hydrogens is 552 g/mol. The number of anilines is 2. The van der Waals surface area contributed by atoms with Gasteiger partial charge in [-0.1, -0.05) is 29.5 Å².